The molecule has 0 bridgehead atoms. The highest BCUT2D eigenvalue weighted by atomic mass is 16.4. The zero-order chi connectivity index (χ0) is 25.3. The molecule has 1 heterocycles. The van der Waals surface area contributed by atoms with E-state index in [1.54, 1.807) is 0 Å². The molecule has 1 aliphatic heterocycles. The summed E-state index contributed by atoms with van der Waals surface area (Å²) in [4.78, 5) is 83.7. The normalized spacial score (nSPS) is 18.0. The molecule has 15 heteroatoms. The van der Waals surface area contributed by atoms with Crippen LogP contribution in [0.3, 0.4) is 0 Å². The van der Waals surface area contributed by atoms with Crippen molar-refractivity contribution < 1.29 is 38.7 Å². The minimum Gasteiger partial charge on any atom is -0.480 e. The molecule has 0 aromatic heterocycles. The molecule has 0 radical (unpaired) electrons. The zero-order valence-electron chi connectivity index (χ0n) is 17.8. The van der Waals surface area contributed by atoms with Gasteiger partial charge in [-0.25, -0.2) is 4.79 Å². The summed E-state index contributed by atoms with van der Waals surface area (Å²) in [5, 5.41) is 13.8. The van der Waals surface area contributed by atoms with Crippen LogP contribution in [0.4, 0.5) is 0 Å². The zero-order valence-corrected chi connectivity index (χ0v) is 17.8. The smallest absolute Gasteiger partial charge is 0.326 e. The van der Waals surface area contributed by atoms with Crippen molar-refractivity contribution in [3.63, 3.8) is 0 Å². The molecule has 0 aromatic carbocycles. The van der Waals surface area contributed by atoms with Crippen molar-refractivity contribution in [1.82, 2.24) is 15.5 Å². The number of hydrogen-bond donors (Lipinski definition) is 7. The Bertz CT molecular complexity index is 818. The van der Waals surface area contributed by atoms with E-state index in [0.29, 0.717) is 6.42 Å². The number of hydrogen-bond acceptors (Lipinski definition) is 8. The van der Waals surface area contributed by atoms with Gasteiger partial charge in [0.15, 0.2) is 0 Å². The number of carboxylic acid groups (broad SMARTS) is 1. The molecular weight excluding hydrogens is 442 g/mol. The number of primary amides is 3. The molecule has 15 nitrogen and oxygen atoms in total. The Labute approximate surface area is 188 Å². The number of aliphatic carboxylic acids is 1. The van der Waals surface area contributed by atoms with Gasteiger partial charge in [-0.2, -0.15) is 0 Å². The van der Waals surface area contributed by atoms with Crippen molar-refractivity contribution in [1.29, 1.82) is 0 Å². The van der Waals surface area contributed by atoms with Gasteiger partial charge in [0.25, 0.3) is 0 Å². The van der Waals surface area contributed by atoms with E-state index in [1.165, 1.54) is 0 Å². The Morgan fingerprint density at radius 1 is 0.909 bits per heavy atom. The first-order valence-corrected chi connectivity index (χ1v) is 10.1. The van der Waals surface area contributed by atoms with Crippen molar-refractivity contribution in [2.24, 2.45) is 22.9 Å². The van der Waals surface area contributed by atoms with Crippen LogP contribution in [-0.4, -0.2) is 82.1 Å². The fourth-order valence-corrected chi connectivity index (χ4v) is 3.30. The fourth-order valence-electron chi connectivity index (χ4n) is 3.30. The summed E-state index contributed by atoms with van der Waals surface area (Å²) in [6.07, 6.45) is -1.04. The molecule has 0 saturated carbocycles. The molecule has 0 aliphatic carbocycles. The van der Waals surface area contributed by atoms with Gasteiger partial charge in [-0.1, -0.05) is 0 Å². The number of nitrogens with zero attached hydrogens (tertiary/aromatic N) is 1. The molecule has 1 rings (SSSR count). The maximum atomic E-state index is 13.0. The third-order valence-electron chi connectivity index (χ3n) is 4.91. The highest BCUT2D eigenvalue weighted by Crippen LogP contribution is 2.20. The van der Waals surface area contributed by atoms with E-state index < -0.39 is 78.4 Å². The van der Waals surface area contributed by atoms with Gasteiger partial charge in [-0.15, -0.1) is 0 Å². The van der Waals surface area contributed by atoms with Crippen LogP contribution in [0, 0.1) is 0 Å². The second kappa shape index (κ2) is 12.3. The van der Waals surface area contributed by atoms with Crippen molar-refractivity contribution in [3.8, 4) is 0 Å². The van der Waals surface area contributed by atoms with E-state index in [2.05, 4.69) is 10.6 Å². The topological polar surface area (TPSA) is 271 Å². The van der Waals surface area contributed by atoms with Gasteiger partial charge in [-0.05, 0) is 19.3 Å². The Hall–Kier alpha value is -3.75. The summed E-state index contributed by atoms with van der Waals surface area (Å²) in [5.41, 5.74) is 20.7. The van der Waals surface area contributed by atoms with Crippen molar-refractivity contribution in [3.05, 3.63) is 0 Å². The number of nitrogens with one attached hydrogen (secondary N) is 2. The number of nitrogens with two attached hydrogens (primary N) is 4. The molecule has 11 N–H and O–H groups in total. The van der Waals surface area contributed by atoms with Crippen LogP contribution in [-0.2, 0) is 33.6 Å². The van der Waals surface area contributed by atoms with Crippen molar-refractivity contribution in [2.45, 2.75) is 62.7 Å². The fraction of sp³-hybridized carbons (Fsp3) is 0.611. The van der Waals surface area contributed by atoms with E-state index in [-0.39, 0.29) is 25.8 Å². The lowest BCUT2D eigenvalue weighted by atomic mass is 10.1. The Morgan fingerprint density at radius 2 is 1.52 bits per heavy atom. The van der Waals surface area contributed by atoms with Crippen LogP contribution in [0.1, 0.15) is 38.5 Å². The number of likely N-dealkylation sites (tertiary alicyclic amines) is 1. The predicted octanol–water partition coefficient (Wildman–Crippen LogP) is -4.62. The summed E-state index contributed by atoms with van der Waals surface area (Å²) in [7, 11) is 0. The predicted molar refractivity (Wildman–Crippen MR) is 110 cm³/mol. The molecule has 4 atom stereocenters. The number of amides is 6. The number of carbonyl (C=O) groups is 7. The summed E-state index contributed by atoms with van der Waals surface area (Å²) >= 11 is 0. The van der Waals surface area contributed by atoms with Crippen molar-refractivity contribution in [2.75, 3.05) is 6.54 Å². The van der Waals surface area contributed by atoms with Gasteiger partial charge in [0.05, 0.1) is 18.9 Å². The lowest BCUT2D eigenvalue weighted by molar-refractivity contribution is -0.145. The van der Waals surface area contributed by atoms with Gasteiger partial charge in [0.2, 0.25) is 35.4 Å². The molecule has 1 aliphatic rings. The van der Waals surface area contributed by atoms with Gasteiger partial charge in [-0.3, -0.25) is 28.8 Å². The number of carbonyl (C=O) groups excluding carboxylic acids is 6. The first-order valence-electron chi connectivity index (χ1n) is 10.1. The van der Waals surface area contributed by atoms with E-state index in [9.17, 15) is 38.7 Å². The second-order valence-electron chi connectivity index (χ2n) is 7.60. The van der Waals surface area contributed by atoms with Gasteiger partial charge in [0.1, 0.15) is 18.1 Å². The molecular formula is C18H29N7O8. The Kier molecular flexibility index (Phi) is 10.2. The lowest BCUT2D eigenvalue weighted by Crippen LogP contribution is -2.57. The van der Waals surface area contributed by atoms with Crippen LogP contribution < -0.4 is 33.6 Å². The SMILES string of the molecule is NC(=O)CCC(NC(=O)C1CCCN1C(=O)C(CC(N)=O)NC(=O)C(N)CC(N)=O)C(=O)O. The first-order chi connectivity index (χ1) is 15.3. The summed E-state index contributed by atoms with van der Waals surface area (Å²) in [6.45, 7) is 0.0917. The minimum atomic E-state index is -1.47. The van der Waals surface area contributed by atoms with Crippen molar-refractivity contribution >= 4 is 41.4 Å². The molecule has 1 fully saturated rings. The van der Waals surface area contributed by atoms with Gasteiger partial charge >= 0.3 is 5.97 Å². The highest BCUT2D eigenvalue weighted by molar-refractivity contribution is 5.97. The average molecular weight is 471 g/mol. The third-order valence-corrected chi connectivity index (χ3v) is 4.91. The van der Waals surface area contributed by atoms with Crippen LogP contribution in [0.15, 0.2) is 0 Å². The maximum absolute atomic E-state index is 13.0. The first kappa shape index (κ1) is 27.3. The molecule has 4 unspecified atom stereocenters. The monoisotopic (exact) mass is 471 g/mol. The van der Waals surface area contributed by atoms with Crippen LogP contribution in [0.5, 0.6) is 0 Å². The minimum absolute atomic E-state index is 0.0917. The molecule has 6 amide bonds. The van der Waals surface area contributed by atoms with Crippen LogP contribution >= 0.6 is 0 Å². The number of rotatable bonds is 13. The van der Waals surface area contributed by atoms with E-state index in [1.807, 2.05) is 0 Å². The van der Waals surface area contributed by atoms with Crippen LogP contribution in [0.25, 0.3) is 0 Å². The summed E-state index contributed by atoms with van der Waals surface area (Å²) < 4.78 is 0. The quantitative estimate of drug-likeness (QED) is 0.136. The molecule has 0 spiro atoms. The maximum Gasteiger partial charge on any atom is 0.326 e. The Balaban J connectivity index is 2.95. The van der Waals surface area contributed by atoms with E-state index in [4.69, 9.17) is 22.9 Å². The summed E-state index contributed by atoms with van der Waals surface area (Å²) in [5.74, 6) is -6.42. The largest absolute Gasteiger partial charge is 0.480 e. The standard InChI is InChI=1S/C18H29N7O8/c19-8(6-13(21)27)15(29)24-10(7-14(22)28)17(31)25-5-1-2-11(25)16(30)23-9(18(32)33)3-4-12(20)26/h8-11H,1-7,19H2,(H2,20,26)(H2,21,27)(H2,22,28)(H,23,30)(H,24,29)(H,32,33). The average Bonchev–Trinajstić information content (AvgIpc) is 3.18. The molecule has 184 valence electrons. The lowest BCUT2D eigenvalue weighted by Gasteiger charge is -2.29. The summed E-state index contributed by atoms with van der Waals surface area (Å²) in [6, 6.07) is -5.33. The van der Waals surface area contributed by atoms with E-state index >= 15 is 0 Å². The van der Waals surface area contributed by atoms with Gasteiger partial charge in [0, 0.05) is 13.0 Å². The van der Waals surface area contributed by atoms with Gasteiger partial charge < -0.3 is 43.6 Å². The third kappa shape index (κ3) is 8.72. The van der Waals surface area contributed by atoms with Crippen LogP contribution in [0.2, 0.25) is 0 Å². The second-order valence-corrected chi connectivity index (χ2v) is 7.60. The molecule has 33 heavy (non-hydrogen) atoms. The highest BCUT2D eigenvalue weighted by Gasteiger charge is 2.39. The Morgan fingerprint density at radius 3 is 2.03 bits per heavy atom. The number of carboxylic acids is 1. The molecule has 0 aromatic rings. The van der Waals surface area contributed by atoms with E-state index in [0.717, 1.165) is 4.90 Å². The molecule has 1 saturated heterocycles.